The zero-order valence-electron chi connectivity index (χ0n) is 21.5. The van der Waals surface area contributed by atoms with Crippen LogP contribution in [0.3, 0.4) is 0 Å². The molecule has 4 aromatic rings. The summed E-state index contributed by atoms with van der Waals surface area (Å²) < 4.78 is 0. The number of anilines is 1. The highest BCUT2D eigenvalue weighted by molar-refractivity contribution is 7.13. The van der Waals surface area contributed by atoms with Crippen molar-refractivity contribution < 1.29 is 14.7 Å². The fraction of sp³-hybridized carbons (Fsp3) is 0.233. The van der Waals surface area contributed by atoms with E-state index in [0.29, 0.717) is 12.1 Å². The molecule has 0 spiro atoms. The molecule has 1 amide bonds. The van der Waals surface area contributed by atoms with E-state index >= 15 is 0 Å². The molecule has 1 unspecified atom stereocenters. The molecule has 0 aliphatic carbocycles. The molecule has 0 aliphatic rings. The average molecular weight is 514 g/mol. The topological polar surface area (TPSA) is 91.3 Å². The maximum Gasteiger partial charge on any atom is 0.326 e. The first kappa shape index (κ1) is 26.1. The Labute approximate surface area is 221 Å². The van der Waals surface area contributed by atoms with Gasteiger partial charge >= 0.3 is 5.97 Å². The van der Waals surface area contributed by atoms with Crippen molar-refractivity contribution in [2.24, 2.45) is 0 Å². The molecule has 0 saturated carbocycles. The first-order valence-corrected chi connectivity index (χ1v) is 13.0. The van der Waals surface area contributed by atoms with E-state index in [2.05, 4.69) is 27.1 Å². The van der Waals surface area contributed by atoms with Gasteiger partial charge in [0.2, 0.25) is 0 Å². The van der Waals surface area contributed by atoms with Gasteiger partial charge in [-0.25, -0.2) is 9.78 Å². The second kappa shape index (κ2) is 11.4. The highest BCUT2D eigenvalue weighted by Crippen LogP contribution is 2.28. The first-order valence-electron chi connectivity index (χ1n) is 12.1. The van der Waals surface area contributed by atoms with Crippen molar-refractivity contribution in [1.82, 2.24) is 10.3 Å². The Bertz CT molecular complexity index is 1400. The molecule has 37 heavy (non-hydrogen) atoms. The van der Waals surface area contributed by atoms with Crippen LogP contribution in [0.15, 0.2) is 66.2 Å². The molecule has 7 heteroatoms. The van der Waals surface area contributed by atoms with E-state index in [1.54, 1.807) is 17.5 Å². The highest BCUT2D eigenvalue weighted by atomic mass is 32.1. The van der Waals surface area contributed by atoms with Gasteiger partial charge in [-0.15, -0.1) is 11.3 Å². The third-order valence-electron chi connectivity index (χ3n) is 6.23. The van der Waals surface area contributed by atoms with Gasteiger partial charge in [0.1, 0.15) is 11.9 Å². The molecule has 0 aliphatic heterocycles. The number of rotatable bonds is 9. The summed E-state index contributed by atoms with van der Waals surface area (Å²) in [5.41, 5.74) is 7.52. The largest absolute Gasteiger partial charge is 0.480 e. The molecule has 3 N–H and O–H groups in total. The van der Waals surface area contributed by atoms with Gasteiger partial charge in [-0.05, 0) is 84.7 Å². The number of amides is 1. The van der Waals surface area contributed by atoms with Crippen LogP contribution in [0.1, 0.15) is 43.7 Å². The van der Waals surface area contributed by atoms with Crippen molar-refractivity contribution in [3.63, 3.8) is 0 Å². The molecular formula is C30H31N3O3S. The summed E-state index contributed by atoms with van der Waals surface area (Å²) in [5, 5.41) is 18.0. The summed E-state index contributed by atoms with van der Waals surface area (Å²) in [6, 6.07) is 16.8. The molecule has 4 rings (SSSR count). The molecule has 0 saturated heterocycles. The molecule has 2 aromatic carbocycles. The Kier molecular flexibility index (Phi) is 8.04. The number of hydrogen-bond acceptors (Lipinski definition) is 5. The number of nitrogens with zero attached hydrogens (tertiary/aromatic N) is 1. The first-order chi connectivity index (χ1) is 17.7. The van der Waals surface area contributed by atoms with E-state index in [-0.39, 0.29) is 12.3 Å². The molecule has 0 bridgehead atoms. The lowest BCUT2D eigenvalue weighted by atomic mass is 9.98. The second-order valence-electron chi connectivity index (χ2n) is 9.43. The number of hydrogen-bond donors (Lipinski definition) is 3. The average Bonchev–Trinajstić information content (AvgIpc) is 3.31. The van der Waals surface area contributed by atoms with E-state index < -0.39 is 12.0 Å². The zero-order chi connectivity index (χ0) is 26.5. The Morgan fingerprint density at radius 3 is 2.27 bits per heavy atom. The van der Waals surface area contributed by atoms with Crippen LogP contribution in [0.25, 0.3) is 10.4 Å². The van der Waals surface area contributed by atoms with Gasteiger partial charge < -0.3 is 15.7 Å². The number of carboxylic acid groups (broad SMARTS) is 1. The number of carboxylic acids is 1. The fourth-order valence-corrected chi connectivity index (χ4v) is 5.38. The van der Waals surface area contributed by atoms with Crippen molar-refractivity contribution in [3.8, 4) is 10.4 Å². The van der Waals surface area contributed by atoms with Crippen LogP contribution in [-0.4, -0.2) is 28.0 Å². The van der Waals surface area contributed by atoms with Crippen molar-refractivity contribution in [2.45, 2.75) is 46.7 Å². The summed E-state index contributed by atoms with van der Waals surface area (Å²) >= 11 is 1.66. The maximum absolute atomic E-state index is 12.9. The number of aryl methyl sites for hydroxylation is 4. The third-order valence-corrected chi connectivity index (χ3v) is 7.26. The minimum absolute atomic E-state index is 0.203. The number of pyridine rings is 1. The van der Waals surface area contributed by atoms with Crippen LogP contribution < -0.4 is 10.6 Å². The number of carbonyl (C=O) groups is 2. The molecule has 0 radical (unpaired) electrons. The van der Waals surface area contributed by atoms with Crippen LogP contribution in [0.4, 0.5) is 5.82 Å². The number of aromatic nitrogens is 1. The zero-order valence-corrected chi connectivity index (χ0v) is 22.3. The standard InChI is InChI=1S/C30H31N3O3S/c1-18-9-10-31-27(13-18)32-16-23-15-26(37-17-23)24-7-5-22(6-8-24)14-25(30(35)36)33-29(34)28-20(3)11-19(2)12-21(28)4/h5-13,15,17,25H,14,16H2,1-4H3,(H,31,32)(H,33,34)(H,35,36). The summed E-state index contributed by atoms with van der Waals surface area (Å²) in [5.74, 6) is -0.567. The maximum atomic E-state index is 12.9. The molecule has 0 fully saturated rings. The summed E-state index contributed by atoms with van der Waals surface area (Å²) in [6.07, 6.45) is 2.00. The van der Waals surface area contributed by atoms with E-state index in [9.17, 15) is 14.7 Å². The number of nitrogens with one attached hydrogen (secondary N) is 2. The molecular weight excluding hydrogens is 482 g/mol. The number of benzene rings is 2. The van der Waals surface area contributed by atoms with E-state index in [1.807, 2.05) is 76.2 Å². The predicted octanol–water partition coefficient (Wildman–Crippen LogP) is 6.08. The van der Waals surface area contributed by atoms with Crippen molar-refractivity contribution >= 4 is 29.0 Å². The molecule has 2 aromatic heterocycles. The van der Waals surface area contributed by atoms with Crippen LogP contribution in [0, 0.1) is 27.7 Å². The summed E-state index contributed by atoms with van der Waals surface area (Å²) in [4.78, 5) is 30.3. The van der Waals surface area contributed by atoms with Crippen molar-refractivity contribution in [2.75, 3.05) is 5.32 Å². The Morgan fingerprint density at radius 1 is 0.919 bits per heavy atom. The Hall–Kier alpha value is -3.97. The number of thiophene rings is 1. The Morgan fingerprint density at radius 2 is 1.62 bits per heavy atom. The number of carbonyl (C=O) groups excluding carboxylic acids is 1. The monoisotopic (exact) mass is 513 g/mol. The quantitative estimate of drug-likeness (QED) is 0.252. The fourth-order valence-electron chi connectivity index (χ4n) is 4.45. The van der Waals surface area contributed by atoms with E-state index in [4.69, 9.17) is 0 Å². The second-order valence-corrected chi connectivity index (χ2v) is 10.3. The third kappa shape index (κ3) is 6.62. The highest BCUT2D eigenvalue weighted by Gasteiger charge is 2.23. The van der Waals surface area contributed by atoms with Crippen LogP contribution in [-0.2, 0) is 17.8 Å². The minimum atomic E-state index is -1.06. The predicted molar refractivity (Wildman–Crippen MR) is 149 cm³/mol. The van der Waals surface area contributed by atoms with Gasteiger partial charge in [0.25, 0.3) is 5.91 Å². The molecule has 6 nitrogen and oxygen atoms in total. The summed E-state index contributed by atoms with van der Waals surface area (Å²) in [7, 11) is 0. The van der Waals surface area contributed by atoms with Crippen molar-refractivity contribution in [3.05, 3.63) is 105 Å². The lowest BCUT2D eigenvalue weighted by Crippen LogP contribution is -2.42. The van der Waals surface area contributed by atoms with Gasteiger partial charge in [0, 0.05) is 29.6 Å². The normalized spacial score (nSPS) is 11.7. The van der Waals surface area contributed by atoms with Crippen molar-refractivity contribution in [1.29, 1.82) is 0 Å². The number of aliphatic carboxylic acids is 1. The van der Waals surface area contributed by atoms with Crippen LogP contribution in [0.5, 0.6) is 0 Å². The molecule has 2 heterocycles. The van der Waals surface area contributed by atoms with Gasteiger partial charge in [0.05, 0.1) is 0 Å². The van der Waals surface area contributed by atoms with Gasteiger partial charge in [-0.2, -0.15) is 0 Å². The smallest absolute Gasteiger partial charge is 0.326 e. The molecule has 190 valence electrons. The van der Waals surface area contributed by atoms with Gasteiger partial charge in [0.15, 0.2) is 0 Å². The van der Waals surface area contributed by atoms with Gasteiger partial charge in [-0.3, -0.25) is 4.79 Å². The lowest BCUT2D eigenvalue weighted by molar-refractivity contribution is -0.139. The van der Waals surface area contributed by atoms with Crippen LogP contribution >= 0.6 is 11.3 Å². The van der Waals surface area contributed by atoms with E-state index in [1.165, 1.54) is 5.56 Å². The SMILES string of the molecule is Cc1ccnc(NCc2csc(-c3ccc(CC(NC(=O)c4c(C)cc(C)cc4C)C(=O)O)cc3)c2)c1. The van der Waals surface area contributed by atoms with Crippen LogP contribution in [0.2, 0.25) is 0 Å². The van der Waals surface area contributed by atoms with E-state index in [0.717, 1.165) is 44.1 Å². The van der Waals surface area contributed by atoms with Gasteiger partial charge in [-0.1, -0.05) is 42.0 Å². The summed E-state index contributed by atoms with van der Waals surface area (Å²) in [6.45, 7) is 8.44. The molecule has 1 atom stereocenters. The Balaban J connectivity index is 1.40. The minimum Gasteiger partial charge on any atom is -0.480 e. The lowest BCUT2D eigenvalue weighted by Gasteiger charge is -2.17.